The van der Waals surface area contributed by atoms with Crippen LogP contribution in [0.1, 0.15) is 25.0 Å². The first kappa shape index (κ1) is 24.2. The van der Waals surface area contributed by atoms with Gasteiger partial charge in [0, 0.05) is 12.5 Å². The van der Waals surface area contributed by atoms with Gasteiger partial charge in [0.15, 0.2) is 0 Å². The summed E-state index contributed by atoms with van der Waals surface area (Å²) in [5.74, 6) is 1.39. The summed E-state index contributed by atoms with van der Waals surface area (Å²) < 4.78 is 15.7. The highest BCUT2D eigenvalue weighted by molar-refractivity contribution is 14.1. The maximum Gasteiger partial charge on any atom is 0.119 e. The predicted molar refractivity (Wildman–Crippen MR) is 124 cm³/mol. The second kappa shape index (κ2) is 11.4. The third-order valence-corrected chi connectivity index (χ3v) is 5.79. The molecule has 0 saturated carbocycles. The van der Waals surface area contributed by atoms with Gasteiger partial charge >= 0.3 is 0 Å². The summed E-state index contributed by atoms with van der Waals surface area (Å²) in [5.41, 5.74) is 2.07. The molecule has 0 aromatic heterocycles. The summed E-state index contributed by atoms with van der Waals surface area (Å²) in [6.45, 7) is 4.89. The Balaban J connectivity index is 2.00. The van der Waals surface area contributed by atoms with Crippen molar-refractivity contribution in [3.05, 3.63) is 59.7 Å². The van der Waals surface area contributed by atoms with E-state index in [4.69, 9.17) is 25.8 Å². The number of methoxy groups -OCH3 is 1. The molecule has 0 amide bonds. The van der Waals surface area contributed by atoms with E-state index in [2.05, 4.69) is 13.8 Å². The number of hydrogen-bond acceptors (Lipinski definition) is 5. The van der Waals surface area contributed by atoms with Crippen LogP contribution in [0.4, 0.5) is 0 Å². The van der Waals surface area contributed by atoms with Gasteiger partial charge in [-0.15, -0.1) is 11.6 Å². The van der Waals surface area contributed by atoms with E-state index in [1.807, 2.05) is 71.1 Å². The Kier molecular flexibility index (Phi) is 9.49. The van der Waals surface area contributed by atoms with Crippen LogP contribution >= 0.6 is 34.2 Å². The molecule has 160 valence electrons. The van der Waals surface area contributed by atoms with Crippen LogP contribution in [0, 0.1) is 0 Å². The normalized spacial score (nSPS) is 14.9. The number of alkyl halides is 2. The van der Waals surface area contributed by atoms with Crippen LogP contribution in [0.2, 0.25) is 0 Å². The molecule has 0 aliphatic carbocycles. The fraction of sp³-hybridized carbons (Fsp3) is 0.455. The van der Waals surface area contributed by atoms with Crippen molar-refractivity contribution in [2.75, 3.05) is 26.9 Å². The summed E-state index contributed by atoms with van der Waals surface area (Å²) in [4.78, 5) is 0. The van der Waals surface area contributed by atoms with Crippen molar-refractivity contribution in [3.63, 3.8) is 0 Å². The highest BCUT2D eigenvalue weighted by Crippen LogP contribution is 2.33. The third kappa shape index (κ3) is 7.29. The van der Waals surface area contributed by atoms with E-state index in [0.717, 1.165) is 11.1 Å². The van der Waals surface area contributed by atoms with Gasteiger partial charge in [-0.2, -0.15) is 0 Å². The Morgan fingerprint density at radius 2 is 1.31 bits per heavy atom. The molecule has 5 nitrogen and oxygen atoms in total. The molecular formula is C22H28ClIO5. The van der Waals surface area contributed by atoms with Gasteiger partial charge in [-0.3, -0.25) is 0 Å². The van der Waals surface area contributed by atoms with Crippen molar-refractivity contribution in [3.8, 4) is 11.5 Å². The molecular weight excluding hydrogens is 507 g/mol. The quantitative estimate of drug-likeness (QED) is 0.335. The summed E-state index contributed by atoms with van der Waals surface area (Å²) in [7, 11) is 1.54. The highest BCUT2D eigenvalue weighted by Gasteiger charge is 2.23. The molecule has 29 heavy (non-hydrogen) atoms. The zero-order chi connectivity index (χ0) is 21.4. The Morgan fingerprint density at radius 3 is 1.72 bits per heavy atom. The minimum Gasteiger partial charge on any atom is -0.491 e. The van der Waals surface area contributed by atoms with Crippen LogP contribution in [-0.4, -0.2) is 52.7 Å². The topological polar surface area (TPSA) is 68.2 Å². The smallest absolute Gasteiger partial charge is 0.119 e. The van der Waals surface area contributed by atoms with Gasteiger partial charge in [-0.1, -0.05) is 60.7 Å². The molecule has 0 aliphatic heterocycles. The molecule has 0 spiro atoms. The summed E-state index contributed by atoms with van der Waals surface area (Å²) in [6, 6.07) is 15.7. The second-order valence-electron chi connectivity index (χ2n) is 7.31. The molecule has 2 aromatic rings. The lowest BCUT2D eigenvalue weighted by molar-refractivity contribution is 0.0325. The zero-order valence-electron chi connectivity index (χ0n) is 16.8. The zero-order valence-corrected chi connectivity index (χ0v) is 19.8. The van der Waals surface area contributed by atoms with E-state index in [-0.39, 0.29) is 28.6 Å². The van der Waals surface area contributed by atoms with E-state index < -0.39 is 12.2 Å². The molecule has 2 N–H and O–H groups in total. The number of rotatable bonds is 11. The predicted octanol–water partition coefficient (Wildman–Crippen LogP) is 4.14. The van der Waals surface area contributed by atoms with Crippen molar-refractivity contribution >= 4 is 34.2 Å². The summed E-state index contributed by atoms with van der Waals surface area (Å²) >= 11 is 7.79. The van der Waals surface area contributed by atoms with Crippen LogP contribution in [0.25, 0.3) is 0 Å². The SMILES string of the molecule is COCC(O)COc1ccc(C(C)(C)c2ccc(OCC(O)C(Cl)I)cc2)cc1. The minimum absolute atomic E-state index is 0.153. The van der Waals surface area contributed by atoms with Crippen molar-refractivity contribution in [2.24, 2.45) is 0 Å². The maximum absolute atomic E-state index is 9.74. The number of aliphatic hydroxyl groups is 2. The fourth-order valence-corrected chi connectivity index (χ4v) is 3.07. The molecule has 0 aliphatic rings. The second-order valence-corrected chi connectivity index (χ2v) is 9.86. The average Bonchev–Trinajstić information content (AvgIpc) is 2.71. The maximum atomic E-state index is 9.74. The summed E-state index contributed by atoms with van der Waals surface area (Å²) in [6.07, 6.45) is -1.37. The molecule has 7 heteroatoms. The molecule has 3 atom stereocenters. The van der Waals surface area contributed by atoms with Gasteiger partial charge in [0.05, 0.1) is 6.61 Å². The first-order valence-electron chi connectivity index (χ1n) is 9.34. The van der Waals surface area contributed by atoms with Crippen LogP contribution in [0.15, 0.2) is 48.5 Å². The van der Waals surface area contributed by atoms with E-state index >= 15 is 0 Å². The van der Waals surface area contributed by atoms with Gasteiger partial charge < -0.3 is 24.4 Å². The largest absolute Gasteiger partial charge is 0.491 e. The summed E-state index contributed by atoms with van der Waals surface area (Å²) in [5, 5.41) is 19.4. The van der Waals surface area contributed by atoms with Gasteiger partial charge in [-0.05, 0) is 35.4 Å². The first-order chi connectivity index (χ1) is 13.7. The molecule has 0 heterocycles. The highest BCUT2D eigenvalue weighted by atomic mass is 127. The Labute approximate surface area is 191 Å². The van der Waals surface area contributed by atoms with Crippen LogP contribution in [0.3, 0.4) is 0 Å². The number of halogens is 2. The average molecular weight is 535 g/mol. The molecule has 0 fully saturated rings. The number of aliphatic hydroxyl groups excluding tert-OH is 2. The monoisotopic (exact) mass is 534 g/mol. The van der Waals surface area contributed by atoms with Crippen molar-refractivity contribution in [1.82, 2.24) is 0 Å². The van der Waals surface area contributed by atoms with E-state index in [1.54, 1.807) is 7.11 Å². The van der Waals surface area contributed by atoms with Crippen LogP contribution < -0.4 is 9.47 Å². The Morgan fingerprint density at radius 1 is 0.862 bits per heavy atom. The molecule has 0 saturated heterocycles. The van der Waals surface area contributed by atoms with E-state index in [9.17, 15) is 10.2 Å². The number of ether oxygens (including phenoxy) is 3. The van der Waals surface area contributed by atoms with Crippen molar-refractivity contribution < 1.29 is 24.4 Å². The van der Waals surface area contributed by atoms with E-state index in [0.29, 0.717) is 11.5 Å². The molecule has 2 rings (SSSR count). The van der Waals surface area contributed by atoms with Crippen LogP contribution in [-0.2, 0) is 10.2 Å². The van der Waals surface area contributed by atoms with Crippen molar-refractivity contribution in [2.45, 2.75) is 34.9 Å². The molecule has 3 unspecified atom stereocenters. The van der Waals surface area contributed by atoms with Gasteiger partial charge in [0.2, 0.25) is 0 Å². The lowest BCUT2D eigenvalue weighted by Crippen LogP contribution is -2.23. The Hall–Kier alpha value is -1.06. The standard InChI is InChI=1S/C22H28ClIO5/c1-22(2,15-4-8-18(9-5-15)28-13-17(25)12-27-3)16-6-10-19(11-7-16)29-14-20(26)21(23)24/h4-11,17,20-21,25-26H,12-14H2,1-3H3. The van der Waals surface area contributed by atoms with Gasteiger partial charge in [-0.25, -0.2) is 0 Å². The molecule has 0 bridgehead atoms. The van der Waals surface area contributed by atoms with Gasteiger partial charge in [0.25, 0.3) is 0 Å². The fourth-order valence-electron chi connectivity index (χ4n) is 2.79. The lowest BCUT2D eigenvalue weighted by atomic mass is 9.78. The lowest BCUT2D eigenvalue weighted by Gasteiger charge is -2.26. The molecule has 2 aromatic carbocycles. The Bertz CT molecular complexity index is 734. The third-order valence-electron chi connectivity index (χ3n) is 4.67. The van der Waals surface area contributed by atoms with Crippen LogP contribution in [0.5, 0.6) is 11.5 Å². The molecule has 0 radical (unpaired) electrons. The number of benzene rings is 2. The first-order valence-corrected chi connectivity index (χ1v) is 11.0. The minimum atomic E-state index is -0.718. The van der Waals surface area contributed by atoms with Gasteiger partial charge in [0.1, 0.15) is 40.3 Å². The van der Waals surface area contributed by atoms with E-state index in [1.165, 1.54) is 0 Å². The number of hydrogen-bond donors (Lipinski definition) is 2. The van der Waals surface area contributed by atoms with Crippen molar-refractivity contribution in [1.29, 1.82) is 0 Å².